The molecule has 1 heterocycles. The average molecular weight is 385 g/mol. The SMILES string of the molecule is IC1=CC(I)C2=CC=CNC2C1. The van der Waals surface area contributed by atoms with E-state index in [4.69, 9.17) is 0 Å². The van der Waals surface area contributed by atoms with Crippen molar-refractivity contribution in [1.29, 1.82) is 0 Å². The van der Waals surface area contributed by atoms with Crippen LogP contribution in [-0.2, 0) is 0 Å². The first kappa shape index (κ1) is 9.05. The summed E-state index contributed by atoms with van der Waals surface area (Å²) in [5.74, 6) is 0. The van der Waals surface area contributed by atoms with Crippen molar-refractivity contribution in [2.75, 3.05) is 0 Å². The second kappa shape index (κ2) is 3.69. The minimum Gasteiger partial charge on any atom is -0.384 e. The van der Waals surface area contributed by atoms with E-state index in [1.54, 1.807) is 0 Å². The topological polar surface area (TPSA) is 12.0 Å². The molecule has 0 fully saturated rings. The standard InChI is InChI=1S/C9H9I2N/c10-6-4-8(11)7-2-1-3-12-9(7)5-6/h1-4,8-9,12H,5H2. The Morgan fingerprint density at radius 3 is 3.17 bits per heavy atom. The molecule has 0 radical (unpaired) electrons. The summed E-state index contributed by atoms with van der Waals surface area (Å²) < 4.78 is 2.04. The van der Waals surface area contributed by atoms with Crippen molar-refractivity contribution in [2.24, 2.45) is 0 Å². The van der Waals surface area contributed by atoms with Crippen LogP contribution in [0.25, 0.3) is 0 Å². The maximum absolute atomic E-state index is 3.38. The molecule has 3 heteroatoms. The Morgan fingerprint density at radius 2 is 2.33 bits per heavy atom. The van der Waals surface area contributed by atoms with Gasteiger partial charge in [0.15, 0.2) is 0 Å². The number of hydrogen-bond acceptors (Lipinski definition) is 1. The van der Waals surface area contributed by atoms with Gasteiger partial charge in [0.1, 0.15) is 0 Å². The van der Waals surface area contributed by atoms with E-state index in [-0.39, 0.29) is 0 Å². The van der Waals surface area contributed by atoms with Gasteiger partial charge in [-0.15, -0.1) is 0 Å². The second-order valence-corrected chi connectivity index (χ2v) is 5.69. The molecular formula is C9H9I2N. The van der Waals surface area contributed by atoms with Gasteiger partial charge in [-0.3, -0.25) is 0 Å². The Morgan fingerprint density at radius 1 is 1.50 bits per heavy atom. The van der Waals surface area contributed by atoms with Gasteiger partial charge in [-0.25, -0.2) is 0 Å². The maximum atomic E-state index is 3.38. The van der Waals surface area contributed by atoms with Crippen molar-refractivity contribution >= 4 is 45.2 Å². The second-order valence-electron chi connectivity index (χ2n) is 2.96. The molecule has 2 atom stereocenters. The van der Waals surface area contributed by atoms with Gasteiger partial charge in [0, 0.05) is 6.42 Å². The quantitative estimate of drug-likeness (QED) is 0.500. The zero-order valence-electron chi connectivity index (χ0n) is 6.43. The first-order valence-corrected chi connectivity index (χ1v) is 6.23. The number of nitrogens with one attached hydrogen (secondary N) is 1. The Bertz CT molecular complexity index is 278. The van der Waals surface area contributed by atoms with E-state index in [1.807, 2.05) is 6.20 Å². The Kier molecular flexibility index (Phi) is 2.78. The largest absolute Gasteiger partial charge is 0.384 e. The predicted molar refractivity (Wildman–Crippen MR) is 68.7 cm³/mol. The highest BCUT2D eigenvalue weighted by molar-refractivity contribution is 14.1. The van der Waals surface area contributed by atoms with Crippen molar-refractivity contribution in [2.45, 2.75) is 16.4 Å². The maximum Gasteiger partial charge on any atom is 0.0532 e. The van der Waals surface area contributed by atoms with Gasteiger partial charge in [0.25, 0.3) is 0 Å². The molecule has 2 rings (SSSR count). The summed E-state index contributed by atoms with van der Waals surface area (Å²) in [6.45, 7) is 0. The predicted octanol–water partition coefficient (Wildman–Crippen LogP) is 2.92. The minimum absolute atomic E-state index is 0.550. The van der Waals surface area contributed by atoms with Crippen LogP contribution in [0, 0.1) is 0 Å². The van der Waals surface area contributed by atoms with Crippen LogP contribution in [0.3, 0.4) is 0 Å². The number of allylic oxidation sites excluding steroid dienone is 3. The molecule has 64 valence electrons. The lowest BCUT2D eigenvalue weighted by molar-refractivity contribution is 0.643. The molecule has 0 saturated heterocycles. The minimum atomic E-state index is 0.550. The molecule has 0 aromatic carbocycles. The molecule has 1 aliphatic carbocycles. The summed E-state index contributed by atoms with van der Waals surface area (Å²) in [7, 11) is 0. The number of halogens is 2. The van der Waals surface area contributed by atoms with E-state index in [2.05, 4.69) is 68.7 Å². The summed E-state index contributed by atoms with van der Waals surface area (Å²) in [4.78, 5) is 0. The zero-order valence-corrected chi connectivity index (χ0v) is 10.7. The van der Waals surface area contributed by atoms with E-state index in [0.717, 1.165) is 6.42 Å². The van der Waals surface area contributed by atoms with Gasteiger partial charge < -0.3 is 5.32 Å². The molecule has 2 unspecified atom stereocenters. The highest BCUT2D eigenvalue weighted by Crippen LogP contribution is 2.33. The molecule has 0 aromatic rings. The molecule has 0 aromatic heterocycles. The molecule has 1 N–H and O–H groups in total. The van der Waals surface area contributed by atoms with Gasteiger partial charge in [-0.1, -0.05) is 34.7 Å². The number of fused-ring (bicyclic) bond motifs is 1. The molecule has 0 spiro atoms. The third-order valence-electron chi connectivity index (χ3n) is 2.13. The number of alkyl halides is 1. The Hall–Kier alpha value is 0.480. The smallest absolute Gasteiger partial charge is 0.0532 e. The fourth-order valence-corrected chi connectivity index (χ4v) is 4.09. The number of rotatable bonds is 0. The lowest BCUT2D eigenvalue weighted by Crippen LogP contribution is -2.34. The van der Waals surface area contributed by atoms with Crippen LogP contribution in [0.5, 0.6) is 0 Å². The highest BCUT2D eigenvalue weighted by Gasteiger charge is 2.24. The van der Waals surface area contributed by atoms with Gasteiger partial charge in [-0.05, 0) is 44.0 Å². The third-order valence-corrected chi connectivity index (χ3v) is 4.01. The molecule has 1 aliphatic heterocycles. The number of hydrogen-bond donors (Lipinski definition) is 1. The van der Waals surface area contributed by atoms with Crippen LogP contribution in [-0.4, -0.2) is 9.97 Å². The lowest BCUT2D eigenvalue weighted by Gasteiger charge is -2.29. The van der Waals surface area contributed by atoms with Gasteiger partial charge in [0.2, 0.25) is 0 Å². The number of dihydropyridines is 1. The van der Waals surface area contributed by atoms with E-state index in [9.17, 15) is 0 Å². The molecular weight excluding hydrogens is 376 g/mol. The van der Waals surface area contributed by atoms with Crippen molar-refractivity contribution in [1.82, 2.24) is 5.32 Å². The first-order chi connectivity index (χ1) is 5.77. The van der Waals surface area contributed by atoms with Crippen LogP contribution < -0.4 is 5.32 Å². The van der Waals surface area contributed by atoms with Crippen LogP contribution in [0.15, 0.2) is 33.6 Å². The van der Waals surface area contributed by atoms with E-state index < -0.39 is 0 Å². The summed E-state index contributed by atoms with van der Waals surface area (Å²) in [6.07, 6.45) is 9.84. The van der Waals surface area contributed by atoms with Gasteiger partial charge in [-0.2, -0.15) is 0 Å². The third kappa shape index (κ3) is 1.71. The van der Waals surface area contributed by atoms with Crippen molar-refractivity contribution in [3.8, 4) is 0 Å². The lowest BCUT2D eigenvalue weighted by atomic mass is 9.94. The average Bonchev–Trinajstić information content (AvgIpc) is 2.04. The molecule has 0 saturated carbocycles. The van der Waals surface area contributed by atoms with Crippen molar-refractivity contribution < 1.29 is 0 Å². The van der Waals surface area contributed by atoms with Crippen LogP contribution in [0.1, 0.15) is 6.42 Å². The molecule has 1 nitrogen and oxygen atoms in total. The summed E-state index contributed by atoms with van der Waals surface area (Å²) in [6, 6.07) is 0.550. The summed E-state index contributed by atoms with van der Waals surface area (Å²) in [5, 5.41) is 3.38. The summed E-state index contributed by atoms with van der Waals surface area (Å²) in [5.41, 5.74) is 1.51. The van der Waals surface area contributed by atoms with Crippen molar-refractivity contribution in [3.05, 3.63) is 33.6 Å². The zero-order chi connectivity index (χ0) is 8.55. The highest BCUT2D eigenvalue weighted by atomic mass is 127. The van der Waals surface area contributed by atoms with E-state index in [0.29, 0.717) is 9.97 Å². The molecule has 0 bridgehead atoms. The molecule has 12 heavy (non-hydrogen) atoms. The Balaban J connectivity index is 2.30. The van der Waals surface area contributed by atoms with Crippen LogP contribution >= 0.6 is 45.2 Å². The normalized spacial score (nSPS) is 33.2. The van der Waals surface area contributed by atoms with Crippen LogP contribution in [0.2, 0.25) is 0 Å². The molecule has 2 aliphatic rings. The van der Waals surface area contributed by atoms with Crippen molar-refractivity contribution in [3.63, 3.8) is 0 Å². The Labute approximate surface area is 99.7 Å². The summed E-state index contributed by atoms with van der Waals surface area (Å²) >= 11 is 4.91. The van der Waals surface area contributed by atoms with E-state index >= 15 is 0 Å². The first-order valence-electron chi connectivity index (χ1n) is 3.90. The van der Waals surface area contributed by atoms with Gasteiger partial charge >= 0.3 is 0 Å². The molecule has 0 amide bonds. The fourth-order valence-electron chi connectivity index (χ4n) is 1.52. The van der Waals surface area contributed by atoms with Gasteiger partial charge in [0.05, 0.1) is 9.97 Å². The van der Waals surface area contributed by atoms with E-state index in [1.165, 1.54) is 9.15 Å². The van der Waals surface area contributed by atoms with Crippen LogP contribution in [0.4, 0.5) is 0 Å². The monoisotopic (exact) mass is 385 g/mol. The fraction of sp³-hybridized carbons (Fsp3) is 0.333.